The SMILES string of the molecule is CNC(=O)[C@]12CC1[C@@H](n1cnc3c(NCc4cccc(Cl)c4)nc(C#CCCCCc4cn(-c5ccc(CCNC(C)=O)cc5)nn4)nc31)[C@H](O)[C@@H]2O. The lowest BCUT2D eigenvalue weighted by Gasteiger charge is -2.23. The van der Waals surface area contributed by atoms with Crippen LogP contribution in [0.1, 0.15) is 61.3 Å². The van der Waals surface area contributed by atoms with Crippen molar-refractivity contribution in [2.45, 2.75) is 70.2 Å². The lowest BCUT2D eigenvalue weighted by Crippen LogP contribution is -2.41. The first-order chi connectivity index (χ1) is 25.7. The lowest BCUT2D eigenvalue weighted by atomic mass is 9.98. The van der Waals surface area contributed by atoms with E-state index in [4.69, 9.17) is 21.6 Å². The molecule has 0 bridgehead atoms. The highest BCUT2D eigenvalue weighted by Crippen LogP contribution is 2.67. The zero-order valence-electron chi connectivity index (χ0n) is 29.5. The van der Waals surface area contributed by atoms with Crippen molar-refractivity contribution >= 4 is 40.4 Å². The minimum absolute atomic E-state index is 0.0352. The van der Waals surface area contributed by atoms with E-state index in [-0.39, 0.29) is 17.7 Å². The molecular formula is C38H41ClN10O4. The number of rotatable bonds is 13. The maximum Gasteiger partial charge on any atom is 0.229 e. The summed E-state index contributed by atoms with van der Waals surface area (Å²) in [5.41, 5.74) is 3.80. The van der Waals surface area contributed by atoms with Crippen LogP contribution < -0.4 is 16.0 Å². The highest BCUT2D eigenvalue weighted by molar-refractivity contribution is 6.30. The molecule has 7 rings (SSSR count). The number of aliphatic hydroxyl groups is 2. The first kappa shape index (κ1) is 36.0. The number of hydrogen-bond acceptors (Lipinski definition) is 10. The van der Waals surface area contributed by atoms with Crippen LogP contribution in [-0.2, 0) is 29.0 Å². The smallest absolute Gasteiger partial charge is 0.229 e. The summed E-state index contributed by atoms with van der Waals surface area (Å²) in [5, 5.41) is 40.1. The minimum Gasteiger partial charge on any atom is -0.389 e. The predicted octanol–water partition coefficient (Wildman–Crippen LogP) is 3.14. The quantitative estimate of drug-likeness (QED) is 0.0889. The highest BCUT2D eigenvalue weighted by atomic mass is 35.5. The third kappa shape index (κ3) is 7.46. The van der Waals surface area contributed by atoms with Gasteiger partial charge in [-0.3, -0.25) is 9.59 Å². The maximum absolute atomic E-state index is 12.8. The Morgan fingerprint density at radius 2 is 1.91 bits per heavy atom. The number of unbranched alkanes of at least 4 members (excludes halogenated alkanes) is 2. The summed E-state index contributed by atoms with van der Waals surface area (Å²) in [6.45, 7) is 2.54. The Morgan fingerprint density at radius 3 is 2.68 bits per heavy atom. The number of halogens is 1. The molecule has 3 heterocycles. The number of aromatic nitrogens is 7. The van der Waals surface area contributed by atoms with Crippen molar-refractivity contribution in [1.29, 1.82) is 0 Å². The fourth-order valence-corrected chi connectivity index (χ4v) is 7.54. The highest BCUT2D eigenvalue weighted by Gasteiger charge is 2.75. The van der Waals surface area contributed by atoms with Crippen LogP contribution in [0.3, 0.4) is 0 Å². The normalized spacial score (nSPS) is 21.5. The molecule has 2 aliphatic rings. The zero-order chi connectivity index (χ0) is 37.1. The van der Waals surface area contributed by atoms with Crippen molar-refractivity contribution in [2.75, 3.05) is 18.9 Å². The van der Waals surface area contributed by atoms with Crippen molar-refractivity contribution in [3.05, 3.63) is 88.7 Å². The van der Waals surface area contributed by atoms with E-state index in [0.717, 1.165) is 48.2 Å². The van der Waals surface area contributed by atoms with Gasteiger partial charge in [-0.05, 0) is 73.4 Å². The Kier molecular flexibility index (Phi) is 10.4. The van der Waals surface area contributed by atoms with E-state index < -0.39 is 23.7 Å². The molecule has 5 N–H and O–H groups in total. The van der Waals surface area contributed by atoms with E-state index in [0.29, 0.717) is 53.8 Å². The van der Waals surface area contributed by atoms with Crippen LogP contribution in [-0.4, -0.2) is 82.3 Å². The molecule has 5 aromatic rings. The van der Waals surface area contributed by atoms with Crippen molar-refractivity contribution in [3.63, 3.8) is 0 Å². The molecule has 3 aromatic heterocycles. The van der Waals surface area contributed by atoms with Crippen LogP contribution in [0.2, 0.25) is 5.02 Å². The number of carbonyl (C=O) groups excluding carboxylic acids is 2. The molecule has 14 nitrogen and oxygen atoms in total. The van der Waals surface area contributed by atoms with Crippen LogP contribution in [0.5, 0.6) is 0 Å². The van der Waals surface area contributed by atoms with Gasteiger partial charge in [-0.25, -0.2) is 19.6 Å². The molecule has 2 fully saturated rings. The molecule has 2 aliphatic carbocycles. The van der Waals surface area contributed by atoms with E-state index in [2.05, 4.69) is 43.1 Å². The van der Waals surface area contributed by atoms with Crippen molar-refractivity contribution < 1.29 is 19.8 Å². The number of aliphatic hydroxyl groups excluding tert-OH is 2. The second kappa shape index (κ2) is 15.3. The summed E-state index contributed by atoms with van der Waals surface area (Å²) >= 11 is 6.21. The number of hydrogen-bond donors (Lipinski definition) is 5. The molecule has 5 atom stereocenters. The topological polar surface area (TPSA) is 185 Å². The summed E-state index contributed by atoms with van der Waals surface area (Å²) in [6, 6.07) is 14.9. The number of nitrogens with zero attached hydrogens (tertiary/aromatic N) is 7. The van der Waals surface area contributed by atoms with Crippen molar-refractivity contribution in [1.82, 2.24) is 45.1 Å². The van der Waals surface area contributed by atoms with Crippen LogP contribution in [0, 0.1) is 23.2 Å². The van der Waals surface area contributed by atoms with Gasteiger partial charge in [0.25, 0.3) is 0 Å². The van der Waals surface area contributed by atoms with Gasteiger partial charge in [-0.15, -0.1) is 5.10 Å². The first-order valence-corrected chi connectivity index (χ1v) is 18.1. The standard InChI is InChI=1S/C38H41ClN10O4/c1-23(50)41-17-16-24-12-14-28(15-13-24)49-21-27(46-47-49)10-5-3-4-6-11-30-44-35(42-20-25-8-7-9-26(39)18-25)31-36(45-30)48(22-43-31)32-29-19-38(29,37(53)40-2)34(52)33(32)51/h7-9,12-15,18,21-22,29,32-34,51-52H,3-5,10,16-17,19-20H2,1-2H3,(H,40,53)(H,41,50)(H,42,44,45)/t29?,32-,33+,34+,38-/m1/s1. The van der Waals surface area contributed by atoms with Crippen LogP contribution >= 0.6 is 11.6 Å². The number of nitrogens with one attached hydrogen (secondary N) is 3. The Bertz CT molecular complexity index is 2190. The van der Waals surface area contributed by atoms with E-state index in [1.54, 1.807) is 15.6 Å². The number of benzene rings is 2. The second-order valence-electron chi connectivity index (χ2n) is 13.6. The van der Waals surface area contributed by atoms with E-state index >= 15 is 0 Å². The predicted molar refractivity (Wildman–Crippen MR) is 198 cm³/mol. The van der Waals surface area contributed by atoms with Crippen LogP contribution in [0.15, 0.2) is 61.1 Å². The van der Waals surface area contributed by atoms with Gasteiger partial charge in [-0.2, -0.15) is 0 Å². The number of carbonyl (C=O) groups is 2. The van der Waals surface area contributed by atoms with Crippen molar-refractivity contribution in [2.24, 2.45) is 11.3 Å². The largest absolute Gasteiger partial charge is 0.389 e. The summed E-state index contributed by atoms with van der Waals surface area (Å²) in [7, 11) is 1.54. The van der Waals surface area contributed by atoms with Gasteiger partial charge in [0.2, 0.25) is 17.6 Å². The van der Waals surface area contributed by atoms with Crippen LogP contribution in [0.4, 0.5) is 5.82 Å². The average Bonchev–Trinajstić information content (AvgIpc) is 3.38. The molecule has 15 heteroatoms. The molecule has 274 valence electrons. The Labute approximate surface area is 311 Å². The van der Waals surface area contributed by atoms with Gasteiger partial charge in [-0.1, -0.05) is 47.0 Å². The van der Waals surface area contributed by atoms with E-state index in [1.807, 2.05) is 54.7 Å². The van der Waals surface area contributed by atoms with E-state index in [1.165, 1.54) is 14.0 Å². The second-order valence-corrected chi connectivity index (χ2v) is 14.1. The summed E-state index contributed by atoms with van der Waals surface area (Å²) in [5.74, 6) is 6.49. The fourth-order valence-electron chi connectivity index (χ4n) is 7.33. The molecule has 2 saturated carbocycles. The lowest BCUT2D eigenvalue weighted by molar-refractivity contribution is -0.132. The molecule has 53 heavy (non-hydrogen) atoms. The number of imidazole rings is 1. The summed E-state index contributed by atoms with van der Waals surface area (Å²) < 4.78 is 3.51. The third-order valence-corrected chi connectivity index (χ3v) is 10.4. The molecule has 0 aliphatic heterocycles. The van der Waals surface area contributed by atoms with Gasteiger partial charge >= 0.3 is 0 Å². The summed E-state index contributed by atoms with van der Waals surface area (Å²) in [4.78, 5) is 37.9. The van der Waals surface area contributed by atoms with Crippen molar-refractivity contribution in [3.8, 4) is 17.5 Å². The molecule has 1 unspecified atom stereocenters. The Morgan fingerprint density at radius 1 is 1.08 bits per heavy atom. The monoisotopic (exact) mass is 736 g/mol. The average molecular weight is 737 g/mol. The Hall–Kier alpha value is -5.36. The van der Waals surface area contributed by atoms with Crippen LogP contribution in [0.25, 0.3) is 16.9 Å². The maximum atomic E-state index is 12.8. The fraction of sp³-hybridized carbons (Fsp3) is 0.395. The zero-order valence-corrected chi connectivity index (χ0v) is 30.2. The van der Waals surface area contributed by atoms with Gasteiger partial charge in [0.15, 0.2) is 17.0 Å². The molecular weight excluding hydrogens is 696 g/mol. The first-order valence-electron chi connectivity index (χ1n) is 17.7. The number of fused-ring (bicyclic) bond motifs is 2. The minimum atomic E-state index is -1.21. The number of aryl methyl sites for hydroxylation is 1. The Balaban J connectivity index is 1.02. The van der Waals surface area contributed by atoms with Gasteiger partial charge in [0.05, 0.1) is 41.5 Å². The molecule has 2 aromatic carbocycles. The van der Waals surface area contributed by atoms with Gasteiger partial charge < -0.3 is 30.7 Å². The molecule has 2 amide bonds. The molecule has 0 radical (unpaired) electrons. The van der Waals surface area contributed by atoms with Gasteiger partial charge in [0, 0.05) is 44.4 Å². The number of anilines is 1. The number of amides is 2. The summed E-state index contributed by atoms with van der Waals surface area (Å²) in [6.07, 6.45) is 5.42. The third-order valence-electron chi connectivity index (χ3n) is 10.1. The van der Waals surface area contributed by atoms with E-state index in [9.17, 15) is 19.8 Å². The van der Waals surface area contributed by atoms with Gasteiger partial charge in [0.1, 0.15) is 6.10 Å². The molecule has 0 saturated heterocycles. The molecule has 0 spiro atoms.